The number of carbonyl (C=O) groups is 2. The highest BCUT2D eigenvalue weighted by Crippen LogP contribution is 2.36. The van der Waals surface area contributed by atoms with Crippen molar-refractivity contribution < 1.29 is 36.6 Å². The predicted molar refractivity (Wildman–Crippen MR) is 116 cm³/mol. The molecule has 0 spiro atoms. The van der Waals surface area contributed by atoms with Gasteiger partial charge in [0.15, 0.2) is 9.84 Å². The molecule has 9 nitrogen and oxygen atoms in total. The highest BCUT2D eigenvalue weighted by atomic mass is 32.2. The lowest BCUT2D eigenvalue weighted by molar-refractivity contribution is -0.139. The Kier molecular flexibility index (Phi) is 7.22. The summed E-state index contributed by atoms with van der Waals surface area (Å²) in [5.41, 5.74) is 0.108. The number of carbonyl (C=O) groups excluding carboxylic acids is 2. The molecule has 0 radical (unpaired) electrons. The van der Waals surface area contributed by atoms with Gasteiger partial charge < -0.3 is 24.8 Å². The van der Waals surface area contributed by atoms with Crippen LogP contribution in [0.4, 0.5) is 9.18 Å². The largest absolute Gasteiger partial charge is 0.497 e. The van der Waals surface area contributed by atoms with Crippen LogP contribution in [-0.2, 0) is 19.4 Å². The zero-order valence-corrected chi connectivity index (χ0v) is 19.0. The molecule has 0 saturated heterocycles. The van der Waals surface area contributed by atoms with Gasteiger partial charge in [-0.25, -0.2) is 22.4 Å². The maximum Gasteiger partial charge on any atom is 0.338 e. The maximum absolute atomic E-state index is 13.3. The fourth-order valence-electron chi connectivity index (χ4n) is 3.40. The van der Waals surface area contributed by atoms with E-state index in [2.05, 4.69) is 10.6 Å². The normalized spacial score (nSPS) is 16.0. The van der Waals surface area contributed by atoms with Crippen molar-refractivity contribution in [3.63, 3.8) is 0 Å². The molecule has 176 valence electrons. The molecule has 0 saturated carbocycles. The Morgan fingerprint density at radius 3 is 2.39 bits per heavy atom. The molecular formula is C22H23FN2O7S. The van der Waals surface area contributed by atoms with E-state index in [-0.39, 0.29) is 22.8 Å². The molecule has 0 unspecified atom stereocenters. The first-order valence-electron chi connectivity index (χ1n) is 9.88. The SMILES string of the molecule is CCOC(=O)C1=C(CS(=O)(=O)c2ccc(F)cc2)NC(=O)N[C@@H]1c1cc(OC)ccc1OC. The first-order chi connectivity index (χ1) is 15.7. The number of ether oxygens (including phenoxy) is 3. The van der Waals surface area contributed by atoms with Crippen LogP contribution >= 0.6 is 0 Å². The number of nitrogens with one attached hydrogen (secondary N) is 2. The van der Waals surface area contributed by atoms with Crippen LogP contribution < -0.4 is 20.1 Å². The first-order valence-corrected chi connectivity index (χ1v) is 11.5. The summed E-state index contributed by atoms with van der Waals surface area (Å²) in [5, 5.41) is 5.03. The number of esters is 1. The Balaban J connectivity index is 2.16. The smallest absolute Gasteiger partial charge is 0.338 e. The third-order valence-corrected chi connectivity index (χ3v) is 6.56. The zero-order valence-electron chi connectivity index (χ0n) is 18.2. The van der Waals surface area contributed by atoms with Crippen molar-refractivity contribution in [1.82, 2.24) is 10.6 Å². The summed E-state index contributed by atoms with van der Waals surface area (Å²) in [6.45, 7) is 1.62. The van der Waals surface area contributed by atoms with Crippen molar-refractivity contribution in [3.8, 4) is 11.5 Å². The zero-order chi connectivity index (χ0) is 24.2. The molecule has 0 fully saturated rings. The summed E-state index contributed by atoms with van der Waals surface area (Å²) in [5.74, 6) is -1.36. The lowest BCUT2D eigenvalue weighted by Crippen LogP contribution is -2.47. The lowest BCUT2D eigenvalue weighted by atomic mass is 9.94. The highest BCUT2D eigenvalue weighted by molar-refractivity contribution is 7.91. The van der Waals surface area contributed by atoms with E-state index in [0.717, 1.165) is 24.3 Å². The molecule has 2 aromatic carbocycles. The molecule has 11 heteroatoms. The van der Waals surface area contributed by atoms with Crippen LogP contribution in [0.25, 0.3) is 0 Å². The fourth-order valence-corrected chi connectivity index (χ4v) is 4.72. The molecule has 1 aliphatic heterocycles. The number of urea groups is 1. The Hall–Kier alpha value is -3.60. The van der Waals surface area contributed by atoms with Crippen LogP contribution in [0.15, 0.2) is 58.6 Å². The minimum Gasteiger partial charge on any atom is -0.497 e. The van der Waals surface area contributed by atoms with Gasteiger partial charge in [0.2, 0.25) is 0 Å². The standard InChI is InChI=1S/C22H23FN2O7S/c1-4-32-21(26)19-17(12-33(28,29)15-8-5-13(23)6-9-15)24-22(27)25-20(19)16-11-14(30-2)7-10-18(16)31-3/h5-11,20H,4,12H2,1-3H3,(H2,24,25,27)/t20-/m1/s1. The monoisotopic (exact) mass is 478 g/mol. The second kappa shape index (κ2) is 9.90. The van der Waals surface area contributed by atoms with E-state index in [4.69, 9.17) is 14.2 Å². The van der Waals surface area contributed by atoms with Gasteiger partial charge in [0.25, 0.3) is 0 Å². The van der Waals surface area contributed by atoms with Crippen molar-refractivity contribution >= 4 is 21.8 Å². The Morgan fingerprint density at radius 2 is 1.79 bits per heavy atom. The molecule has 0 bridgehead atoms. The van der Waals surface area contributed by atoms with Crippen LogP contribution in [0.2, 0.25) is 0 Å². The summed E-state index contributed by atoms with van der Waals surface area (Å²) < 4.78 is 55.0. The summed E-state index contributed by atoms with van der Waals surface area (Å²) in [6, 6.07) is 7.25. The second-order valence-electron chi connectivity index (χ2n) is 6.97. The summed E-state index contributed by atoms with van der Waals surface area (Å²) in [7, 11) is -1.17. The van der Waals surface area contributed by atoms with Crippen LogP contribution in [0.5, 0.6) is 11.5 Å². The summed E-state index contributed by atoms with van der Waals surface area (Å²) in [4.78, 5) is 25.2. The summed E-state index contributed by atoms with van der Waals surface area (Å²) in [6.07, 6.45) is 0. The molecule has 1 aliphatic rings. The van der Waals surface area contributed by atoms with Crippen LogP contribution in [-0.4, -0.2) is 47.0 Å². The fraction of sp³-hybridized carbons (Fsp3) is 0.273. The van der Waals surface area contributed by atoms with Crippen molar-refractivity contribution in [2.45, 2.75) is 17.9 Å². The van der Waals surface area contributed by atoms with Crippen LogP contribution in [0, 0.1) is 5.82 Å². The Labute approximate surface area is 190 Å². The molecule has 0 aliphatic carbocycles. The number of benzene rings is 2. The van der Waals surface area contributed by atoms with Gasteiger partial charge in [0.1, 0.15) is 17.3 Å². The van der Waals surface area contributed by atoms with Crippen molar-refractivity contribution in [2.24, 2.45) is 0 Å². The van der Waals surface area contributed by atoms with Gasteiger partial charge in [-0.2, -0.15) is 0 Å². The van der Waals surface area contributed by atoms with Gasteiger partial charge in [0, 0.05) is 11.3 Å². The van der Waals surface area contributed by atoms with E-state index >= 15 is 0 Å². The van der Waals surface area contributed by atoms with Gasteiger partial charge in [0.05, 0.1) is 43.1 Å². The van der Waals surface area contributed by atoms with E-state index in [1.807, 2.05) is 0 Å². The van der Waals surface area contributed by atoms with Gasteiger partial charge in [-0.15, -0.1) is 0 Å². The molecule has 1 atom stereocenters. The average molecular weight is 478 g/mol. The second-order valence-corrected chi connectivity index (χ2v) is 8.95. The average Bonchev–Trinajstić information content (AvgIpc) is 2.78. The molecule has 2 aromatic rings. The minimum atomic E-state index is -4.05. The molecule has 1 heterocycles. The number of rotatable bonds is 8. The molecule has 2 amide bonds. The van der Waals surface area contributed by atoms with E-state index in [9.17, 15) is 22.4 Å². The van der Waals surface area contributed by atoms with Gasteiger partial charge in [-0.05, 0) is 49.4 Å². The number of amides is 2. The van der Waals surface area contributed by atoms with E-state index in [1.54, 1.807) is 25.1 Å². The molecular weight excluding hydrogens is 455 g/mol. The molecule has 0 aromatic heterocycles. The van der Waals surface area contributed by atoms with Gasteiger partial charge >= 0.3 is 12.0 Å². The van der Waals surface area contributed by atoms with E-state index < -0.39 is 39.4 Å². The van der Waals surface area contributed by atoms with Gasteiger partial charge in [-0.3, -0.25) is 0 Å². The Bertz CT molecular complexity index is 1190. The number of methoxy groups -OCH3 is 2. The highest BCUT2D eigenvalue weighted by Gasteiger charge is 2.37. The molecule has 2 N–H and O–H groups in total. The van der Waals surface area contributed by atoms with E-state index in [0.29, 0.717) is 17.1 Å². The third-order valence-electron chi connectivity index (χ3n) is 4.90. The molecule has 33 heavy (non-hydrogen) atoms. The van der Waals surface area contributed by atoms with Crippen LogP contribution in [0.1, 0.15) is 18.5 Å². The van der Waals surface area contributed by atoms with Gasteiger partial charge in [-0.1, -0.05) is 0 Å². The van der Waals surface area contributed by atoms with Crippen molar-refractivity contribution in [2.75, 3.05) is 26.6 Å². The predicted octanol–water partition coefficient (Wildman–Crippen LogP) is 2.49. The Morgan fingerprint density at radius 1 is 1.09 bits per heavy atom. The third kappa shape index (κ3) is 5.25. The maximum atomic E-state index is 13.3. The van der Waals surface area contributed by atoms with Crippen molar-refractivity contribution in [1.29, 1.82) is 0 Å². The lowest BCUT2D eigenvalue weighted by Gasteiger charge is -2.30. The topological polar surface area (TPSA) is 120 Å². The number of halogens is 1. The minimum absolute atomic E-state index is 0.0240. The first kappa shape index (κ1) is 24.1. The molecule has 3 rings (SSSR count). The number of sulfone groups is 1. The number of hydrogen-bond acceptors (Lipinski definition) is 7. The summed E-state index contributed by atoms with van der Waals surface area (Å²) >= 11 is 0. The van der Waals surface area contributed by atoms with Crippen LogP contribution in [0.3, 0.4) is 0 Å². The quantitative estimate of drug-likeness (QED) is 0.442. The van der Waals surface area contributed by atoms with Crippen molar-refractivity contribution in [3.05, 3.63) is 65.1 Å². The van der Waals surface area contributed by atoms with E-state index in [1.165, 1.54) is 14.2 Å². The number of hydrogen-bond donors (Lipinski definition) is 2.